The van der Waals surface area contributed by atoms with Gasteiger partial charge in [0.25, 0.3) is 0 Å². The number of amides is 1. The van der Waals surface area contributed by atoms with Gasteiger partial charge in [0.2, 0.25) is 5.91 Å². The molecule has 104 valence electrons. The minimum atomic E-state index is -0.488. The number of rotatable bonds is 5. The number of nitrogens with one attached hydrogen (secondary N) is 1. The fraction of sp³-hybridized carbons (Fsp3) is 0.231. The third kappa shape index (κ3) is 3.86. The molecule has 1 amide bonds. The van der Waals surface area contributed by atoms with Gasteiger partial charge in [-0.15, -0.1) is 11.3 Å². The molecule has 0 aromatic carbocycles. The van der Waals surface area contributed by atoms with Crippen LogP contribution in [0.5, 0.6) is 0 Å². The van der Waals surface area contributed by atoms with Crippen molar-refractivity contribution in [2.75, 3.05) is 11.9 Å². The van der Waals surface area contributed by atoms with Gasteiger partial charge in [-0.1, -0.05) is 0 Å². The molecular formula is C13H13N3O3S. The predicted octanol–water partition coefficient (Wildman–Crippen LogP) is 1.90. The number of hydrogen-bond acceptors (Lipinski definition) is 6. The van der Waals surface area contributed by atoms with Gasteiger partial charge in [0, 0.05) is 17.8 Å². The van der Waals surface area contributed by atoms with Crippen LogP contribution in [-0.2, 0) is 16.0 Å². The van der Waals surface area contributed by atoms with Gasteiger partial charge in [0.1, 0.15) is 0 Å². The van der Waals surface area contributed by atoms with E-state index in [0.717, 1.165) is 5.56 Å². The summed E-state index contributed by atoms with van der Waals surface area (Å²) in [5, 5.41) is 4.59. The molecule has 0 aliphatic heterocycles. The molecule has 0 aliphatic carbocycles. The highest BCUT2D eigenvalue weighted by Gasteiger charge is 2.13. The van der Waals surface area contributed by atoms with Crippen molar-refractivity contribution in [1.29, 1.82) is 0 Å². The average Bonchev–Trinajstić information content (AvgIpc) is 2.88. The molecule has 0 saturated carbocycles. The average molecular weight is 291 g/mol. The van der Waals surface area contributed by atoms with Crippen LogP contribution in [0.4, 0.5) is 5.13 Å². The fourth-order valence-electron chi connectivity index (χ4n) is 1.48. The summed E-state index contributed by atoms with van der Waals surface area (Å²) in [6, 6.07) is 3.54. The van der Waals surface area contributed by atoms with E-state index in [0.29, 0.717) is 11.7 Å². The number of anilines is 1. The molecule has 6 nitrogen and oxygen atoms in total. The standard InChI is InChI=1S/C13H13N3O3S/c1-2-19-12(18)10-8-20-13(15-10)16-11(17)7-9-3-5-14-6-4-9/h3-6,8H,2,7H2,1H3,(H,15,16,17). The Morgan fingerprint density at radius 1 is 1.35 bits per heavy atom. The van der Waals surface area contributed by atoms with Crippen LogP contribution in [-0.4, -0.2) is 28.5 Å². The summed E-state index contributed by atoms with van der Waals surface area (Å²) < 4.78 is 4.83. The molecule has 2 aromatic rings. The normalized spacial score (nSPS) is 10.1. The zero-order valence-electron chi connectivity index (χ0n) is 10.8. The number of thiazole rings is 1. The lowest BCUT2D eigenvalue weighted by molar-refractivity contribution is -0.115. The Balaban J connectivity index is 1.93. The van der Waals surface area contributed by atoms with Crippen LogP contribution in [0.3, 0.4) is 0 Å². The molecule has 7 heteroatoms. The lowest BCUT2D eigenvalue weighted by Gasteiger charge is -2.01. The van der Waals surface area contributed by atoms with E-state index in [1.807, 2.05) is 0 Å². The van der Waals surface area contributed by atoms with E-state index in [4.69, 9.17) is 4.74 Å². The fourth-order valence-corrected chi connectivity index (χ4v) is 2.18. The van der Waals surface area contributed by atoms with E-state index < -0.39 is 5.97 Å². The zero-order valence-corrected chi connectivity index (χ0v) is 11.6. The van der Waals surface area contributed by atoms with Gasteiger partial charge in [-0.25, -0.2) is 9.78 Å². The first kappa shape index (κ1) is 14.1. The quantitative estimate of drug-likeness (QED) is 0.851. The maximum atomic E-state index is 11.8. The molecule has 2 rings (SSSR count). The molecule has 0 bridgehead atoms. The summed E-state index contributed by atoms with van der Waals surface area (Å²) in [7, 11) is 0. The van der Waals surface area contributed by atoms with Crippen LogP contribution >= 0.6 is 11.3 Å². The number of nitrogens with zero attached hydrogens (tertiary/aromatic N) is 2. The van der Waals surface area contributed by atoms with Crippen molar-refractivity contribution in [2.45, 2.75) is 13.3 Å². The van der Waals surface area contributed by atoms with Crippen molar-refractivity contribution in [3.8, 4) is 0 Å². The van der Waals surface area contributed by atoms with Gasteiger partial charge in [0.05, 0.1) is 13.0 Å². The molecule has 0 atom stereocenters. The highest BCUT2D eigenvalue weighted by atomic mass is 32.1. The SMILES string of the molecule is CCOC(=O)c1csc(NC(=O)Cc2ccncc2)n1. The maximum Gasteiger partial charge on any atom is 0.357 e. The largest absolute Gasteiger partial charge is 0.461 e. The Morgan fingerprint density at radius 3 is 2.80 bits per heavy atom. The Morgan fingerprint density at radius 2 is 2.10 bits per heavy atom. The molecule has 0 unspecified atom stereocenters. The molecule has 0 saturated heterocycles. The number of pyridine rings is 1. The summed E-state index contributed by atoms with van der Waals surface area (Å²) in [5.74, 6) is -0.681. The lowest BCUT2D eigenvalue weighted by atomic mass is 10.2. The topological polar surface area (TPSA) is 81.2 Å². The smallest absolute Gasteiger partial charge is 0.357 e. The second-order valence-electron chi connectivity index (χ2n) is 3.84. The lowest BCUT2D eigenvalue weighted by Crippen LogP contribution is -2.14. The summed E-state index contributed by atoms with van der Waals surface area (Å²) in [6.45, 7) is 2.02. The molecule has 0 radical (unpaired) electrons. The first-order valence-electron chi connectivity index (χ1n) is 6.00. The van der Waals surface area contributed by atoms with Crippen LogP contribution < -0.4 is 5.32 Å². The van der Waals surface area contributed by atoms with Crippen LogP contribution in [0.15, 0.2) is 29.9 Å². The zero-order chi connectivity index (χ0) is 14.4. The van der Waals surface area contributed by atoms with E-state index in [1.165, 1.54) is 11.3 Å². The number of ether oxygens (including phenoxy) is 1. The first-order chi connectivity index (χ1) is 9.69. The molecular weight excluding hydrogens is 278 g/mol. The number of esters is 1. The third-order valence-electron chi connectivity index (χ3n) is 2.35. The van der Waals surface area contributed by atoms with E-state index in [9.17, 15) is 9.59 Å². The molecule has 2 aromatic heterocycles. The van der Waals surface area contributed by atoms with Crippen molar-refractivity contribution >= 4 is 28.3 Å². The van der Waals surface area contributed by atoms with Gasteiger partial charge in [-0.3, -0.25) is 9.78 Å². The van der Waals surface area contributed by atoms with Gasteiger partial charge < -0.3 is 10.1 Å². The van der Waals surface area contributed by atoms with Crippen molar-refractivity contribution < 1.29 is 14.3 Å². The predicted molar refractivity (Wildman–Crippen MR) is 74.6 cm³/mol. The Hall–Kier alpha value is -2.28. The maximum absolute atomic E-state index is 11.8. The van der Waals surface area contributed by atoms with Gasteiger partial charge in [-0.05, 0) is 24.6 Å². The number of carbonyl (C=O) groups is 2. The molecule has 20 heavy (non-hydrogen) atoms. The first-order valence-corrected chi connectivity index (χ1v) is 6.88. The van der Waals surface area contributed by atoms with Gasteiger partial charge in [-0.2, -0.15) is 0 Å². The number of aromatic nitrogens is 2. The van der Waals surface area contributed by atoms with Crippen molar-refractivity contribution in [2.24, 2.45) is 0 Å². The molecule has 0 spiro atoms. The summed E-state index contributed by atoms with van der Waals surface area (Å²) >= 11 is 1.19. The Labute approximate surface area is 119 Å². The van der Waals surface area contributed by atoms with Gasteiger partial charge in [0.15, 0.2) is 10.8 Å². The second-order valence-corrected chi connectivity index (χ2v) is 4.70. The van der Waals surface area contributed by atoms with Gasteiger partial charge >= 0.3 is 5.97 Å². The molecule has 0 fully saturated rings. The molecule has 0 aliphatic rings. The Bertz CT molecular complexity index is 598. The van der Waals surface area contributed by atoms with Crippen molar-refractivity contribution in [3.63, 3.8) is 0 Å². The third-order valence-corrected chi connectivity index (χ3v) is 3.11. The van der Waals surface area contributed by atoms with E-state index >= 15 is 0 Å². The van der Waals surface area contributed by atoms with Crippen LogP contribution in [0.2, 0.25) is 0 Å². The Kier molecular flexibility index (Phi) is 4.78. The van der Waals surface area contributed by atoms with Crippen LogP contribution in [0.25, 0.3) is 0 Å². The molecule has 2 heterocycles. The summed E-state index contributed by atoms with van der Waals surface area (Å²) in [6.07, 6.45) is 3.49. The highest BCUT2D eigenvalue weighted by molar-refractivity contribution is 7.14. The van der Waals surface area contributed by atoms with Crippen LogP contribution in [0.1, 0.15) is 23.0 Å². The summed E-state index contributed by atoms with van der Waals surface area (Å²) in [5.41, 5.74) is 1.07. The second kappa shape index (κ2) is 6.76. The minimum absolute atomic E-state index is 0.194. The van der Waals surface area contributed by atoms with E-state index in [-0.39, 0.29) is 18.0 Å². The van der Waals surface area contributed by atoms with Crippen molar-refractivity contribution in [3.05, 3.63) is 41.2 Å². The number of carbonyl (C=O) groups excluding carboxylic acids is 2. The van der Waals surface area contributed by atoms with E-state index in [2.05, 4.69) is 15.3 Å². The molecule has 1 N–H and O–H groups in total. The van der Waals surface area contributed by atoms with Crippen LogP contribution in [0, 0.1) is 0 Å². The number of hydrogen-bond donors (Lipinski definition) is 1. The minimum Gasteiger partial charge on any atom is -0.461 e. The highest BCUT2D eigenvalue weighted by Crippen LogP contribution is 2.16. The van der Waals surface area contributed by atoms with E-state index in [1.54, 1.807) is 36.8 Å². The monoisotopic (exact) mass is 291 g/mol. The summed E-state index contributed by atoms with van der Waals surface area (Å²) in [4.78, 5) is 31.1. The van der Waals surface area contributed by atoms with Crippen molar-refractivity contribution in [1.82, 2.24) is 9.97 Å².